The monoisotopic (exact) mass is 459 g/mol. The lowest BCUT2D eigenvalue weighted by molar-refractivity contribution is -0.142. The van der Waals surface area contributed by atoms with Crippen molar-refractivity contribution in [3.63, 3.8) is 0 Å². The molecule has 3 rings (SSSR count). The molecule has 1 N–H and O–H groups in total. The summed E-state index contributed by atoms with van der Waals surface area (Å²) in [6, 6.07) is 4.29. The van der Waals surface area contributed by atoms with Gasteiger partial charge in [0.25, 0.3) is 5.91 Å². The van der Waals surface area contributed by atoms with Crippen molar-refractivity contribution in [1.29, 1.82) is 0 Å². The number of hydrogen-bond donors (Lipinski definition) is 1. The normalized spacial score (nSPS) is 12.1. The molecule has 1 amide bonds. The van der Waals surface area contributed by atoms with Gasteiger partial charge in [-0.3, -0.25) is 4.79 Å². The molecule has 0 unspecified atom stereocenters. The van der Waals surface area contributed by atoms with Gasteiger partial charge in [0.2, 0.25) is 0 Å². The minimum absolute atomic E-state index is 0.123. The van der Waals surface area contributed by atoms with Crippen LogP contribution in [0.15, 0.2) is 23.6 Å². The minimum Gasteiger partial charge on any atom is -0.351 e. The minimum atomic E-state index is -4.69. The lowest BCUT2D eigenvalue weighted by Gasteiger charge is -2.17. The second kappa shape index (κ2) is 9.32. The van der Waals surface area contributed by atoms with E-state index < -0.39 is 17.8 Å². The Morgan fingerprint density at radius 2 is 2.07 bits per heavy atom. The second-order valence-electron chi connectivity index (χ2n) is 6.54. The first-order valence-corrected chi connectivity index (χ1v) is 10.7. The van der Waals surface area contributed by atoms with Crippen LogP contribution in [0, 0.1) is 0 Å². The molecule has 0 saturated heterocycles. The van der Waals surface area contributed by atoms with Crippen LogP contribution < -0.4 is 5.32 Å². The van der Waals surface area contributed by atoms with E-state index in [1.807, 2.05) is 13.8 Å². The van der Waals surface area contributed by atoms with Crippen LogP contribution in [0.5, 0.6) is 0 Å². The largest absolute Gasteiger partial charge is 0.433 e. The number of fused-ring (bicyclic) bond motifs is 1. The first-order valence-electron chi connectivity index (χ1n) is 9.47. The maximum absolute atomic E-state index is 13.6. The zero-order valence-corrected chi connectivity index (χ0v) is 18.0. The van der Waals surface area contributed by atoms with Crippen LogP contribution in [-0.2, 0) is 6.18 Å². The predicted molar refractivity (Wildman–Crippen MR) is 111 cm³/mol. The molecule has 0 aliphatic heterocycles. The number of hydrogen-bond acceptors (Lipinski definition) is 5. The van der Waals surface area contributed by atoms with Gasteiger partial charge >= 0.3 is 6.18 Å². The molecule has 162 valence electrons. The van der Waals surface area contributed by atoms with E-state index >= 15 is 0 Å². The van der Waals surface area contributed by atoms with Crippen LogP contribution in [-0.4, -0.2) is 51.6 Å². The van der Waals surface area contributed by atoms with Crippen molar-refractivity contribution in [2.75, 3.05) is 26.2 Å². The molecule has 0 bridgehead atoms. The van der Waals surface area contributed by atoms with E-state index in [0.29, 0.717) is 22.4 Å². The Kier molecular flexibility index (Phi) is 6.99. The molecular weight excluding hydrogens is 439 g/mol. The highest BCUT2D eigenvalue weighted by Gasteiger charge is 2.36. The molecule has 3 heterocycles. The van der Waals surface area contributed by atoms with Gasteiger partial charge in [-0.05, 0) is 43.6 Å². The summed E-state index contributed by atoms with van der Waals surface area (Å²) in [6.07, 6.45) is -3.99. The van der Waals surface area contributed by atoms with E-state index in [9.17, 15) is 18.0 Å². The standard InChI is InChI=1S/C19H21ClF3N5OS/c1-3-27(4-2)9-6-8-24-18(29)16-15(20)17-25-12(13-7-5-10-30-13)11-14(19(21,22)23)28(17)26-16/h5,7,10-11H,3-4,6,8-9H2,1-2H3,(H,24,29). The summed E-state index contributed by atoms with van der Waals surface area (Å²) >= 11 is 7.49. The molecule has 3 aromatic heterocycles. The number of alkyl halides is 3. The Hall–Kier alpha value is -2.17. The number of amides is 1. The van der Waals surface area contributed by atoms with Gasteiger partial charge in [-0.1, -0.05) is 31.5 Å². The SMILES string of the molecule is CCN(CC)CCCNC(=O)c1nn2c(C(F)(F)F)cc(-c3cccs3)nc2c1Cl. The summed E-state index contributed by atoms with van der Waals surface area (Å²) < 4.78 is 41.5. The Labute approximate surface area is 180 Å². The number of nitrogens with zero attached hydrogens (tertiary/aromatic N) is 4. The van der Waals surface area contributed by atoms with Crippen LogP contribution >= 0.6 is 22.9 Å². The van der Waals surface area contributed by atoms with Crippen molar-refractivity contribution in [3.8, 4) is 10.6 Å². The topological polar surface area (TPSA) is 62.5 Å². The highest BCUT2D eigenvalue weighted by atomic mass is 35.5. The number of halogens is 4. The molecule has 3 aromatic rings. The molecule has 11 heteroatoms. The molecule has 0 fully saturated rings. The van der Waals surface area contributed by atoms with Gasteiger partial charge in [0, 0.05) is 6.54 Å². The van der Waals surface area contributed by atoms with E-state index in [0.717, 1.165) is 25.7 Å². The Morgan fingerprint density at radius 3 is 2.67 bits per heavy atom. The Morgan fingerprint density at radius 1 is 1.33 bits per heavy atom. The van der Waals surface area contributed by atoms with Crippen molar-refractivity contribution in [1.82, 2.24) is 24.8 Å². The summed E-state index contributed by atoms with van der Waals surface area (Å²) in [5.74, 6) is -0.629. The number of carbonyl (C=O) groups is 1. The third-order valence-electron chi connectivity index (χ3n) is 4.64. The summed E-state index contributed by atoms with van der Waals surface area (Å²) in [5, 5.41) is 8.03. The third-order valence-corrected chi connectivity index (χ3v) is 5.88. The summed E-state index contributed by atoms with van der Waals surface area (Å²) in [4.78, 5) is 19.5. The molecule has 0 spiro atoms. The van der Waals surface area contributed by atoms with Crippen molar-refractivity contribution in [3.05, 3.63) is 40.0 Å². The van der Waals surface area contributed by atoms with Crippen LogP contribution in [0.1, 0.15) is 36.5 Å². The van der Waals surface area contributed by atoms with Crippen molar-refractivity contribution in [2.24, 2.45) is 0 Å². The fourth-order valence-electron chi connectivity index (χ4n) is 3.02. The van der Waals surface area contributed by atoms with Gasteiger partial charge in [-0.2, -0.15) is 18.3 Å². The molecule has 0 radical (unpaired) electrons. The van der Waals surface area contributed by atoms with E-state index in [1.54, 1.807) is 17.5 Å². The molecule has 0 aromatic carbocycles. The Balaban J connectivity index is 1.90. The van der Waals surface area contributed by atoms with Crippen LogP contribution in [0.3, 0.4) is 0 Å². The van der Waals surface area contributed by atoms with Gasteiger partial charge in [0.05, 0.1) is 10.6 Å². The smallest absolute Gasteiger partial charge is 0.351 e. The fraction of sp³-hybridized carbons (Fsp3) is 0.421. The summed E-state index contributed by atoms with van der Waals surface area (Å²) in [7, 11) is 0. The highest BCUT2D eigenvalue weighted by molar-refractivity contribution is 7.13. The van der Waals surface area contributed by atoms with E-state index in [4.69, 9.17) is 11.6 Å². The molecular formula is C19H21ClF3N5OS. The molecule has 0 aliphatic rings. The zero-order valence-electron chi connectivity index (χ0n) is 16.5. The van der Waals surface area contributed by atoms with E-state index in [-0.39, 0.29) is 22.1 Å². The maximum Gasteiger partial charge on any atom is 0.433 e. The van der Waals surface area contributed by atoms with Gasteiger partial charge < -0.3 is 10.2 Å². The Bertz CT molecular complexity index is 1020. The lowest BCUT2D eigenvalue weighted by Crippen LogP contribution is -2.30. The van der Waals surface area contributed by atoms with E-state index in [2.05, 4.69) is 20.3 Å². The summed E-state index contributed by atoms with van der Waals surface area (Å²) in [5.41, 5.74) is -1.40. The average molecular weight is 460 g/mol. The summed E-state index contributed by atoms with van der Waals surface area (Å²) in [6.45, 7) is 7.07. The number of thiophene rings is 1. The molecule has 0 atom stereocenters. The third kappa shape index (κ3) is 4.76. The first kappa shape index (κ1) is 22.5. The first-order chi connectivity index (χ1) is 14.3. The fourth-order valence-corrected chi connectivity index (χ4v) is 3.95. The maximum atomic E-state index is 13.6. The van der Waals surface area contributed by atoms with Gasteiger partial charge in [-0.15, -0.1) is 11.3 Å². The average Bonchev–Trinajstić information content (AvgIpc) is 3.35. The van der Waals surface area contributed by atoms with Gasteiger partial charge in [-0.25, -0.2) is 9.50 Å². The van der Waals surface area contributed by atoms with Gasteiger partial charge in [0.1, 0.15) is 5.02 Å². The van der Waals surface area contributed by atoms with Gasteiger partial charge in [0.15, 0.2) is 17.0 Å². The second-order valence-corrected chi connectivity index (χ2v) is 7.86. The van der Waals surface area contributed by atoms with Crippen molar-refractivity contribution >= 4 is 34.5 Å². The molecule has 0 saturated carbocycles. The molecule has 6 nitrogen and oxygen atoms in total. The van der Waals surface area contributed by atoms with Crippen molar-refractivity contribution < 1.29 is 18.0 Å². The molecule has 0 aliphatic carbocycles. The van der Waals surface area contributed by atoms with Crippen LogP contribution in [0.4, 0.5) is 13.2 Å². The lowest BCUT2D eigenvalue weighted by atomic mass is 10.2. The number of aromatic nitrogens is 3. The van der Waals surface area contributed by atoms with Crippen molar-refractivity contribution in [2.45, 2.75) is 26.4 Å². The molecule has 30 heavy (non-hydrogen) atoms. The zero-order chi connectivity index (χ0) is 21.9. The van der Waals surface area contributed by atoms with E-state index in [1.165, 1.54) is 11.3 Å². The quantitative estimate of drug-likeness (QED) is 0.500. The number of nitrogens with one attached hydrogen (secondary N) is 1. The highest BCUT2D eigenvalue weighted by Crippen LogP contribution is 2.35. The van der Waals surface area contributed by atoms with Crippen LogP contribution in [0.2, 0.25) is 5.02 Å². The predicted octanol–water partition coefficient (Wildman–Crippen LogP) is 4.59. The van der Waals surface area contributed by atoms with Crippen LogP contribution in [0.25, 0.3) is 16.2 Å². The number of rotatable bonds is 8. The number of carbonyl (C=O) groups excluding carboxylic acids is 1.